The van der Waals surface area contributed by atoms with Gasteiger partial charge in [-0.25, -0.2) is 4.39 Å². The summed E-state index contributed by atoms with van der Waals surface area (Å²) in [5.74, 6) is 0.925. The lowest BCUT2D eigenvalue weighted by Gasteiger charge is -2.26. The molecule has 1 saturated carbocycles. The molecular weight excluding hydrogens is 395 g/mol. The second-order valence-corrected chi connectivity index (χ2v) is 9.09. The van der Waals surface area contributed by atoms with Crippen LogP contribution in [0.3, 0.4) is 0 Å². The number of unbranched alkanes of at least 4 members (excludes halogenated alkanes) is 1. The topological polar surface area (TPSA) is 15.3 Å². The van der Waals surface area contributed by atoms with Crippen LogP contribution in [0.2, 0.25) is 0 Å². The van der Waals surface area contributed by atoms with E-state index in [4.69, 9.17) is 0 Å². The van der Waals surface area contributed by atoms with Crippen molar-refractivity contribution in [1.82, 2.24) is 10.2 Å². The zero-order valence-electron chi connectivity index (χ0n) is 20.9. The highest BCUT2D eigenvalue weighted by Gasteiger charge is 2.25. The molecule has 2 nitrogen and oxygen atoms in total. The maximum atomic E-state index is 13.6. The number of halogens is 1. The molecule has 0 bridgehead atoms. The maximum absolute atomic E-state index is 13.6. The van der Waals surface area contributed by atoms with E-state index in [2.05, 4.69) is 64.5 Å². The van der Waals surface area contributed by atoms with Crippen LogP contribution in [0.15, 0.2) is 83.7 Å². The molecule has 176 valence electrons. The van der Waals surface area contributed by atoms with Gasteiger partial charge in [0.2, 0.25) is 0 Å². The van der Waals surface area contributed by atoms with Gasteiger partial charge < -0.3 is 10.2 Å². The van der Waals surface area contributed by atoms with Gasteiger partial charge in [0.25, 0.3) is 0 Å². The van der Waals surface area contributed by atoms with E-state index >= 15 is 0 Å². The Bertz CT molecular complexity index is 818. The van der Waals surface area contributed by atoms with Crippen molar-refractivity contribution in [3.8, 4) is 0 Å². The van der Waals surface area contributed by atoms with Crippen LogP contribution in [-0.4, -0.2) is 11.1 Å². The highest BCUT2D eigenvalue weighted by molar-refractivity contribution is 5.38. The highest BCUT2D eigenvalue weighted by atomic mass is 19.1. The average molecular weight is 439 g/mol. The van der Waals surface area contributed by atoms with Gasteiger partial charge in [-0.15, -0.1) is 0 Å². The molecule has 0 saturated heterocycles. The lowest BCUT2D eigenvalue weighted by molar-refractivity contribution is 0.414. The van der Waals surface area contributed by atoms with E-state index in [1.54, 1.807) is 6.92 Å². The third-order valence-corrected chi connectivity index (χ3v) is 6.23. The number of nitrogens with zero attached hydrogens (tertiary/aromatic N) is 1. The molecule has 0 aromatic rings. The molecule has 1 aliphatic heterocycles. The SMILES string of the molecule is C=C(N/C(=C/C(=C/CCC)C1CC1)CC)C(C)/C(=C/N1C=CC(C(C)F)=CC1=C)CCC. The molecule has 0 aromatic heterocycles. The van der Waals surface area contributed by atoms with Crippen LogP contribution in [0, 0.1) is 11.8 Å². The summed E-state index contributed by atoms with van der Waals surface area (Å²) in [5, 5.41) is 3.63. The highest BCUT2D eigenvalue weighted by Crippen LogP contribution is 2.38. The van der Waals surface area contributed by atoms with Crippen LogP contribution in [0.25, 0.3) is 0 Å². The Balaban J connectivity index is 2.14. The lowest BCUT2D eigenvalue weighted by Crippen LogP contribution is -2.21. The Morgan fingerprint density at radius 1 is 1.25 bits per heavy atom. The summed E-state index contributed by atoms with van der Waals surface area (Å²) in [4.78, 5) is 2.00. The average Bonchev–Trinajstić information content (AvgIpc) is 3.61. The molecule has 1 N–H and O–H groups in total. The third kappa shape index (κ3) is 7.69. The Morgan fingerprint density at radius 3 is 2.50 bits per heavy atom. The summed E-state index contributed by atoms with van der Waals surface area (Å²) in [6.07, 6.45) is 19.4. The molecule has 2 unspecified atom stereocenters. The van der Waals surface area contributed by atoms with E-state index in [0.29, 0.717) is 5.57 Å². The Hall–Kier alpha value is -2.29. The monoisotopic (exact) mass is 438 g/mol. The normalized spacial score (nSPS) is 19.7. The zero-order chi connectivity index (χ0) is 23.7. The molecule has 32 heavy (non-hydrogen) atoms. The molecule has 2 rings (SSSR count). The minimum absolute atomic E-state index is 0.181. The van der Waals surface area contributed by atoms with Crippen LogP contribution in [0.5, 0.6) is 0 Å². The fourth-order valence-electron chi connectivity index (χ4n) is 3.85. The first kappa shape index (κ1) is 26.0. The van der Waals surface area contributed by atoms with Crippen molar-refractivity contribution in [2.24, 2.45) is 11.8 Å². The predicted octanol–water partition coefficient (Wildman–Crippen LogP) is 8.47. The van der Waals surface area contributed by atoms with Crippen LogP contribution < -0.4 is 5.32 Å². The number of allylic oxidation sites excluding steroid dienone is 8. The van der Waals surface area contributed by atoms with Gasteiger partial charge >= 0.3 is 0 Å². The Kier molecular flexibility index (Phi) is 10.3. The van der Waals surface area contributed by atoms with Crippen molar-refractivity contribution >= 4 is 0 Å². The molecular formula is C29H43FN2. The largest absolute Gasteiger partial charge is 0.362 e. The minimum atomic E-state index is -0.988. The van der Waals surface area contributed by atoms with Gasteiger partial charge in [-0.05, 0) is 79.9 Å². The van der Waals surface area contributed by atoms with E-state index in [9.17, 15) is 4.39 Å². The van der Waals surface area contributed by atoms with Gasteiger partial charge in [-0.2, -0.15) is 0 Å². The van der Waals surface area contributed by atoms with Crippen molar-refractivity contribution < 1.29 is 4.39 Å². The molecule has 1 heterocycles. The molecule has 3 heteroatoms. The predicted molar refractivity (Wildman–Crippen MR) is 137 cm³/mol. The van der Waals surface area contributed by atoms with Gasteiger partial charge in [-0.3, -0.25) is 0 Å². The molecule has 0 aromatic carbocycles. The van der Waals surface area contributed by atoms with E-state index in [-0.39, 0.29) is 5.92 Å². The first-order valence-corrected chi connectivity index (χ1v) is 12.4. The van der Waals surface area contributed by atoms with E-state index in [1.165, 1.54) is 36.1 Å². The third-order valence-electron chi connectivity index (χ3n) is 6.23. The summed E-state index contributed by atoms with van der Waals surface area (Å²) in [6.45, 7) is 18.9. The molecule has 2 aliphatic rings. The molecule has 0 radical (unpaired) electrons. The number of nitrogens with one attached hydrogen (secondary N) is 1. The number of hydrogen-bond acceptors (Lipinski definition) is 2. The van der Waals surface area contributed by atoms with Crippen LogP contribution >= 0.6 is 0 Å². The van der Waals surface area contributed by atoms with E-state index in [0.717, 1.165) is 43.0 Å². The molecule has 2 atom stereocenters. The smallest absolute Gasteiger partial charge is 0.122 e. The van der Waals surface area contributed by atoms with Crippen molar-refractivity contribution in [3.63, 3.8) is 0 Å². The minimum Gasteiger partial charge on any atom is -0.362 e. The van der Waals surface area contributed by atoms with Crippen LogP contribution in [0.1, 0.15) is 79.6 Å². The Morgan fingerprint density at radius 2 is 1.97 bits per heavy atom. The number of rotatable bonds is 13. The standard InChI is InChI=1S/C29H43FN2/c1-8-11-13-27(25-14-15-25)19-29(10-3)31-24(7)22(5)28(12-9-2)20-32-17-16-26(23(6)30)18-21(32)4/h13,16-20,22-23,25,31H,4,7-12,14-15H2,1-3,5-6H3/b27-13-,28-20+,29-19+. The first-order chi connectivity index (χ1) is 15.3. The lowest BCUT2D eigenvalue weighted by atomic mass is 9.94. The summed E-state index contributed by atoms with van der Waals surface area (Å²) >= 11 is 0. The van der Waals surface area contributed by atoms with Crippen LogP contribution in [0.4, 0.5) is 4.39 Å². The van der Waals surface area contributed by atoms with Gasteiger partial charge in [0.05, 0.1) is 0 Å². The van der Waals surface area contributed by atoms with Crippen molar-refractivity contribution in [1.29, 1.82) is 0 Å². The fraction of sp³-hybridized carbons (Fsp3) is 0.517. The molecule has 0 spiro atoms. The van der Waals surface area contributed by atoms with E-state index in [1.807, 2.05) is 23.3 Å². The summed E-state index contributed by atoms with van der Waals surface area (Å²) in [6, 6.07) is 0. The van der Waals surface area contributed by atoms with Crippen molar-refractivity contribution in [3.05, 3.63) is 83.7 Å². The van der Waals surface area contributed by atoms with Crippen LogP contribution in [-0.2, 0) is 0 Å². The number of alkyl halides is 1. The number of hydrogen-bond donors (Lipinski definition) is 1. The summed E-state index contributed by atoms with van der Waals surface area (Å²) in [7, 11) is 0. The summed E-state index contributed by atoms with van der Waals surface area (Å²) in [5.41, 5.74) is 6.48. The molecule has 0 amide bonds. The van der Waals surface area contributed by atoms with E-state index < -0.39 is 6.17 Å². The molecule has 1 fully saturated rings. The van der Waals surface area contributed by atoms with Crippen molar-refractivity contribution in [2.75, 3.05) is 0 Å². The zero-order valence-corrected chi connectivity index (χ0v) is 20.9. The first-order valence-electron chi connectivity index (χ1n) is 12.4. The quantitative estimate of drug-likeness (QED) is 0.290. The van der Waals surface area contributed by atoms with Gasteiger partial charge in [0.15, 0.2) is 0 Å². The second-order valence-electron chi connectivity index (χ2n) is 9.09. The summed E-state index contributed by atoms with van der Waals surface area (Å²) < 4.78 is 13.6. The fourth-order valence-corrected chi connectivity index (χ4v) is 3.85. The molecule has 1 aliphatic carbocycles. The van der Waals surface area contributed by atoms with Gasteiger partial charge in [-0.1, -0.05) is 59.8 Å². The Labute approximate surface area is 196 Å². The van der Waals surface area contributed by atoms with Gasteiger partial charge in [0, 0.05) is 35.4 Å². The van der Waals surface area contributed by atoms with Gasteiger partial charge in [0.1, 0.15) is 6.17 Å². The second kappa shape index (κ2) is 12.7. The van der Waals surface area contributed by atoms with Crippen molar-refractivity contribution in [2.45, 2.75) is 85.7 Å². The maximum Gasteiger partial charge on any atom is 0.122 e.